The van der Waals surface area contributed by atoms with Gasteiger partial charge in [0.2, 0.25) is 0 Å². The molecule has 7 atom stereocenters. The maximum absolute atomic E-state index is 12.7. The highest BCUT2D eigenvalue weighted by molar-refractivity contribution is 5.92. The van der Waals surface area contributed by atoms with Gasteiger partial charge in [0, 0.05) is 24.3 Å². The van der Waals surface area contributed by atoms with Crippen molar-refractivity contribution in [3.8, 4) is 0 Å². The highest BCUT2D eigenvalue weighted by Gasteiger charge is 2.58. The minimum absolute atomic E-state index is 0.0796. The van der Waals surface area contributed by atoms with Crippen LogP contribution in [0.5, 0.6) is 0 Å². The van der Waals surface area contributed by atoms with Crippen LogP contribution in [0, 0.1) is 17.8 Å². The molecular weight excluding hydrogens is 392 g/mol. The molecule has 1 saturated heterocycles. The first-order valence-electron chi connectivity index (χ1n) is 9.70. The Hall–Kier alpha value is -2.71. The van der Waals surface area contributed by atoms with Crippen molar-refractivity contribution in [3.63, 3.8) is 0 Å². The Labute approximate surface area is 174 Å². The average Bonchev–Trinajstić information content (AvgIpc) is 3.10. The van der Waals surface area contributed by atoms with Crippen LogP contribution in [0.25, 0.3) is 0 Å². The van der Waals surface area contributed by atoms with Crippen molar-refractivity contribution < 1.29 is 38.8 Å². The van der Waals surface area contributed by atoms with E-state index in [-0.39, 0.29) is 17.8 Å². The van der Waals surface area contributed by atoms with E-state index in [1.807, 2.05) is 6.92 Å². The summed E-state index contributed by atoms with van der Waals surface area (Å²) in [7, 11) is 0. The summed E-state index contributed by atoms with van der Waals surface area (Å²) in [4.78, 5) is 36.1. The van der Waals surface area contributed by atoms with E-state index in [4.69, 9.17) is 14.2 Å². The van der Waals surface area contributed by atoms with Gasteiger partial charge in [-0.25, -0.2) is 9.59 Å². The van der Waals surface area contributed by atoms with Crippen LogP contribution in [-0.4, -0.2) is 59.1 Å². The summed E-state index contributed by atoms with van der Waals surface area (Å²) in [6.45, 7) is 12.1. The Kier molecular flexibility index (Phi) is 6.01. The van der Waals surface area contributed by atoms with Gasteiger partial charge in [-0.15, -0.1) is 0 Å². The molecule has 2 aliphatic carbocycles. The van der Waals surface area contributed by atoms with Gasteiger partial charge in [0.05, 0.1) is 17.6 Å². The molecule has 7 unspecified atom stereocenters. The lowest BCUT2D eigenvalue weighted by molar-refractivity contribution is -0.155. The number of hydrogen-bond acceptors (Lipinski definition) is 8. The molecule has 2 N–H and O–H groups in total. The molecular formula is C22H26O8. The number of hydrogen-bond donors (Lipinski definition) is 2. The average molecular weight is 418 g/mol. The Morgan fingerprint density at radius 1 is 1.23 bits per heavy atom. The van der Waals surface area contributed by atoms with Gasteiger partial charge < -0.3 is 24.4 Å². The number of ether oxygens (including phenoxy) is 3. The Balaban J connectivity index is 1.95. The van der Waals surface area contributed by atoms with Crippen molar-refractivity contribution in [2.45, 2.75) is 45.2 Å². The summed E-state index contributed by atoms with van der Waals surface area (Å²) in [6.07, 6.45) is -1.14. The van der Waals surface area contributed by atoms with Gasteiger partial charge in [-0.05, 0) is 19.4 Å². The summed E-state index contributed by atoms with van der Waals surface area (Å²) >= 11 is 0. The predicted molar refractivity (Wildman–Crippen MR) is 105 cm³/mol. The van der Waals surface area contributed by atoms with Gasteiger partial charge >= 0.3 is 17.9 Å². The fourth-order valence-electron chi connectivity index (χ4n) is 4.56. The minimum atomic E-state index is -1.36. The van der Waals surface area contributed by atoms with E-state index in [0.29, 0.717) is 5.57 Å². The lowest BCUT2D eigenvalue weighted by Crippen LogP contribution is -2.42. The van der Waals surface area contributed by atoms with Crippen LogP contribution in [0.2, 0.25) is 0 Å². The quantitative estimate of drug-likeness (QED) is 0.300. The van der Waals surface area contributed by atoms with E-state index in [0.717, 1.165) is 5.57 Å². The molecule has 162 valence electrons. The third-order valence-corrected chi connectivity index (χ3v) is 6.09. The van der Waals surface area contributed by atoms with E-state index in [1.165, 1.54) is 13.0 Å². The van der Waals surface area contributed by atoms with E-state index in [9.17, 15) is 24.6 Å². The fraction of sp³-hybridized carbons (Fsp3) is 0.500. The molecule has 2 fully saturated rings. The molecule has 0 spiro atoms. The van der Waals surface area contributed by atoms with Crippen LogP contribution < -0.4 is 0 Å². The number of rotatable bonds is 4. The predicted octanol–water partition coefficient (Wildman–Crippen LogP) is 0.989. The normalized spacial score (nSPS) is 35.8. The summed E-state index contributed by atoms with van der Waals surface area (Å²) in [5, 5.41) is 21.5. The van der Waals surface area contributed by atoms with Crippen LogP contribution in [0.3, 0.4) is 0 Å². The first-order valence-corrected chi connectivity index (χ1v) is 9.70. The molecule has 0 aromatic carbocycles. The van der Waals surface area contributed by atoms with E-state index in [2.05, 4.69) is 13.2 Å². The zero-order valence-corrected chi connectivity index (χ0v) is 17.2. The zero-order valence-electron chi connectivity index (χ0n) is 17.2. The summed E-state index contributed by atoms with van der Waals surface area (Å²) in [6, 6.07) is 0. The molecule has 0 radical (unpaired) electrons. The van der Waals surface area contributed by atoms with Crippen molar-refractivity contribution >= 4 is 17.9 Å². The smallest absolute Gasteiger partial charge is 0.337 e. The van der Waals surface area contributed by atoms with Crippen LogP contribution in [-0.2, 0) is 28.6 Å². The molecule has 30 heavy (non-hydrogen) atoms. The monoisotopic (exact) mass is 418 g/mol. The molecule has 3 aliphatic rings. The number of allylic oxidation sites excluding steroid dienone is 1. The SMILES string of the molecule is C=C1C(=O)OC2C1C(OC(=O)C(=CC)COC(C)=O)C(O)C(=C)C1C(O)C=C(C)C21. The lowest BCUT2D eigenvalue weighted by atomic mass is 9.79. The Morgan fingerprint density at radius 2 is 1.90 bits per heavy atom. The molecule has 8 nitrogen and oxygen atoms in total. The number of carbonyl (C=O) groups excluding carboxylic acids is 3. The number of fused-ring (bicyclic) bond motifs is 3. The first kappa shape index (κ1) is 22.0. The molecule has 0 amide bonds. The highest BCUT2D eigenvalue weighted by atomic mass is 16.6. The molecule has 3 rings (SSSR count). The van der Waals surface area contributed by atoms with E-state index in [1.54, 1.807) is 13.0 Å². The van der Waals surface area contributed by atoms with Gasteiger partial charge in [0.15, 0.2) is 0 Å². The van der Waals surface area contributed by atoms with Crippen molar-refractivity contribution in [1.29, 1.82) is 0 Å². The molecule has 0 aromatic rings. The second-order valence-electron chi connectivity index (χ2n) is 7.86. The third kappa shape index (κ3) is 3.61. The van der Waals surface area contributed by atoms with Crippen LogP contribution in [0.1, 0.15) is 20.8 Å². The van der Waals surface area contributed by atoms with E-state index >= 15 is 0 Å². The standard InChI is InChI=1S/C22H26O8/c1-6-13(8-28-12(5)23)22(27)30-20-17-11(4)21(26)29-19(17)15-9(2)7-14(24)16(15)10(3)18(20)25/h6-7,14-20,24-25H,3-4,8H2,1-2,5H3. The molecule has 1 aliphatic heterocycles. The number of carbonyl (C=O) groups is 3. The molecule has 0 bridgehead atoms. The molecule has 1 heterocycles. The number of aliphatic hydroxyl groups is 2. The lowest BCUT2D eigenvalue weighted by Gasteiger charge is -2.29. The largest absolute Gasteiger partial charge is 0.461 e. The third-order valence-electron chi connectivity index (χ3n) is 6.09. The second kappa shape index (κ2) is 8.20. The van der Waals surface area contributed by atoms with Gasteiger partial charge in [0.25, 0.3) is 0 Å². The van der Waals surface area contributed by atoms with Crippen molar-refractivity contribution in [3.05, 3.63) is 47.6 Å². The summed E-state index contributed by atoms with van der Waals surface area (Å²) < 4.78 is 16.0. The van der Waals surface area contributed by atoms with Gasteiger partial charge in [0.1, 0.15) is 24.9 Å². The first-order chi connectivity index (χ1) is 14.1. The summed E-state index contributed by atoms with van der Waals surface area (Å²) in [5.74, 6) is -3.81. The zero-order chi connectivity index (χ0) is 22.3. The van der Waals surface area contributed by atoms with Gasteiger partial charge in [-0.2, -0.15) is 0 Å². The number of aliphatic hydroxyl groups excluding tert-OH is 2. The minimum Gasteiger partial charge on any atom is -0.461 e. The van der Waals surface area contributed by atoms with Crippen molar-refractivity contribution in [1.82, 2.24) is 0 Å². The summed E-state index contributed by atoms with van der Waals surface area (Å²) in [5.41, 5.74) is 1.26. The van der Waals surface area contributed by atoms with Gasteiger partial charge in [-0.3, -0.25) is 4.79 Å². The second-order valence-corrected chi connectivity index (χ2v) is 7.86. The maximum atomic E-state index is 12.7. The Bertz CT molecular complexity index is 866. The van der Waals surface area contributed by atoms with Crippen molar-refractivity contribution in [2.24, 2.45) is 17.8 Å². The molecule has 0 aromatic heterocycles. The van der Waals surface area contributed by atoms with E-state index < -0.39 is 60.1 Å². The highest BCUT2D eigenvalue weighted by Crippen LogP contribution is 2.51. The molecule has 8 heteroatoms. The maximum Gasteiger partial charge on any atom is 0.337 e. The van der Waals surface area contributed by atoms with Gasteiger partial charge in [-0.1, -0.05) is 30.9 Å². The fourth-order valence-corrected chi connectivity index (χ4v) is 4.56. The topological polar surface area (TPSA) is 119 Å². The Morgan fingerprint density at radius 3 is 2.50 bits per heavy atom. The van der Waals surface area contributed by atoms with Crippen LogP contribution in [0.15, 0.2) is 47.6 Å². The van der Waals surface area contributed by atoms with Crippen LogP contribution in [0.4, 0.5) is 0 Å². The number of esters is 3. The van der Waals surface area contributed by atoms with Crippen molar-refractivity contribution in [2.75, 3.05) is 6.61 Å². The molecule has 1 saturated carbocycles. The van der Waals surface area contributed by atoms with Crippen LogP contribution >= 0.6 is 0 Å².